The van der Waals surface area contributed by atoms with Crippen LogP contribution in [0.5, 0.6) is 0 Å². The lowest BCUT2D eigenvalue weighted by atomic mass is 9.73. The average molecular weight is 208 g/mol. The van der Waals surface area contributed by atoms with Gasteiger partial charge in [-0.25, -0.2) is 0 Å². The second-order valence-electron chi connectivity index (χ2n) is 4.14. The standard InChI is InChI=1S/C12H20N2O/c1-3-11(13)12(2,6-9-15)10-4-7-14-8-5-10/h4-5,7-8,11,15H,3,6,9,13H2,1-2H3. The summed E-state index contributed by atoms with van der Waals surface area (Å²) in [6.45, 7) is 4.33. The van der Waals surface area contributed by atoms with Gasteiger partial charge in [-0.2, -0.15) is 0 Å². The Kier molecular flexibility index (Phi) is 4.24. The van der Waals surface area contributed by atoms with Crippen LogP contribution in [0.2, 0.25) is 0 Å². The molecule has 1 heterocycles. The number of hydrogen-bond acceptors (Lipinski definition) is 3. The maximum atomic E-state index is 9.14. The van der Waals surface area contributed by atoms with E-state index in [0.29, 0.717) is 6.42 Å². The molecular formula is C12H20N2O. The molecule has 0 aliphatic heterocycles. The molecule has 0 saturated carbocycles. The van der Waals surface area contributed by atoms with Gasteiger partial charge in [0.2, 0.25) is 0 Å². The first-order chi connectivity index (χ1) is 7.15. The zero-order valence-electron chi connectivity index (χ0n) is 9.48. The molecule has 3 N–H and O–H groups in total. The monoisotopic (exact) mass is 208 g/mol. The summed E-state index contributed by atoms with van der Waals surface area (Å²) in [7, 11) is 0. The Morgan fingerprint density at radius 2 is 2.07 bits per heavy atom. The SMILES string of the molecule is CCC(N)C(C)(CCO)c1ccncc1. The summed E-state index contributed by atoms with van der Waals surface area (Å²) in [6, 6.07) is 4.02. The van der Waals surface area contributed by atoms with Crippen LogP contribution < -0.4 is 5.73 Å². The third-order valence-corrected chi connectivity index (χ3v) is 3.23. The highest BCUT2D eigenvalue weighted by Gasteiger charge is 2.31. The number of aliphatic hydroxyl groups is 1. The molecule has 2 unspecified atom stereocenters. The van der Waals surface area contributed by atoms with Crippen LogP contribution in [-0.4, -0.2) is 22.7 Å². The van der Waals surface area contributed by atoms with Gasteiger partial charge in [0, 0.05) is 30.5 Å². The maximum absolute atomic E-state index is 9.14. The molecule has 0 bridgehead atoms. The van der Waals surface area contributed by atoms with E-state index in [0.717, 1.165) is 12.0 Å². The Hall–Kier alpha value is -0.930. The highest BCUT2D eigenvalue weighted by atomic mass is 16.3. The lowest BCUT2D eigenvalue weighted by molar-refractivity contribution is 0.223. The van der Waals surface area contributed by atoms with Gasteiger partial charge in [0.1, 0.15) is 0 Å². The Morgan fingerprint density at radius 3 is 2.53 bits per heavy atom. The molecule has 0 amide bonds. The van der Waals surface area contributed by atoms with Crippen molar-refractivity contribution in [3.05, 3.63) is 30.1 Å². The van der Waals surface area contributed by atoms with E-state index in [9.17, 15) is 0 Å². The van der Waals surface area contributed by atoms with Gasteiger partial charge in [-0.3, -0.25) is 4.98 Å². The molecule has 1 rings (SSSR count). The molecule has 0 radical (unpaired) electrons. The Balaban J connectivity index is 3.01. The number of aliphatic hydroxyl groups excluding tert-OH is 1. The Bertz CT molecular complexity index is 289. The van der Waals surface area contributed by atoms with Crippen LogP contribution in [0.15, 0.2) is 24.5 Å². The zero-order chi connectivity index (χ0) is 11.3. The molecule has 3 nitrogen and oxygen atoms in total. The quantitative estimate of drug-likeness (QED) is 0.770. The molecule has 0 fully saturated rings. The third-order valence-electron chi connectivity index (χ3n) is 3.23. The molecular weight excluding hydrogens is 188 g/mol. The number of nitrogens with zero attached hydrogens (tertiary/aromatic N) is 1. The minimum atomic E-state index is -0.160. The zero-order valence-corrected chi connectivity index (χ0v) is 9.48. The van der Waals surface area contributed by atoms with Crippen molar-refractivity contribution in [1.82, 2.24) is 4.98 Å². The molecule has 0 aliphatic rings. The van der Waals surface area contributed by atoms with E-state index in [1.54, 1.807) is 12.4 Å². The lowest BCUT2D eigenvalue weighted by Crippen LogP contribution is -2.43. The predicted molar refractivity (Wildman–Crippen MR) is 61.6 cm³/mol. The molecule has 3 heteroatoms. The normalized spacial score (nSPS) is 17.1. The van der Waals surface area contributed by atoms with E-state index < -0.39 is 0 Å². The van der Waals surface area contributed by atoms with Gasteiger partial charge in [-0.1, -0.05) is 13.8 Å². The summed E-state index contributed by atoms with van der Waals surface area (Å²) in [5.41, 5.74) is 7.13. The van der Waals surface area contributed by atoms with Gasteiger partial charge in [0.25, 0.3) is 0 Å². The summed E-state index contributed by atoms with van der Waals surface area (Å²) < 4.78 is 0. The highest BCUT2D eigenvalue weighted by molar-refractivity contribution is 5.24. The van der Waals surface area contributed by atoms with E-state index in [4.69, 9.17) is 10.8 Å². The van der Waals surface area contributed by atoms with Crippen molar-refractivity contribution in [3.8, 4) is 0 Å². The minimum Gasteiger partial charge on any atom is -0.396 e. The largest absolute Gasteiger partial charge is 0.396 e. The van der Waals surface area contributed by atoms with Crippen LogP contribution in [0.4, 0.5) is 0 Å². The average Bonchev–Trinajstić information content (AvgIpc) is 2.29. The van der Waals surface area contributed by atoms with Gasteiger partial charge >= 0.3 is 0 Å². The summed E-state index contributed by atoms with van der Waals surface area (Å²) >= 11 is 0. The number of rotatable bonds is 5. The first-order valence-electron chi connectivity index (χ1n) is 5.42. The molecule has 1 aromatic rings. The van der Waals surface area contributed by atoms with Crippen molar-refractivity contribution in [2.45, 2.75) is 38.1 Å². The molecule has 1 aromatic heterocycles. The van der Waals surface area contributed by atoms with Crippen LogP contribution in [0.1, 0.15) is 32.3 Å². The molecule has 0 aliphatic carbocycles. The van der Waals surface area contributed by atoms with Crippen molar-refractivity contribution in [2.24, 2.45) is 5.73 Å². The number of pyridine rings is 1. The van der Waals surface area contributed by atoms with Crippen LogP contribution in [0, 0.1) is 0 Å². The summed E-state index contributed by atoms with van der Waals surface area (Å²) in [5, 5.41) is 9.14. The van der Waals surface area contributed by atoms with Gasteiger partial charge in [-0.15, -0.1) is 0 Å². The molecule has 84 valence electrons. The summed E-state index contributed by atoms with van der Waals surface area (Å²) in [4.78, 5) is 4.00. The second-order valence-corrected chi connectivity index (χ2v) is 4.14. The fourth-order valence-electron chi connectivity index (χ4n) is 1.96. The lowest BCUT2D eigenvalue weighted by Gasteiger charge is -2.35. The fraction of sp³-hybridized carbons (Fsp3) is 0.583. The number of hydrogen-bond donors (Lipinski definition) is 2. The van der Waals surface area contributed by atoms with Gasteiger partial charge in [0.15, 0.2) is 0 Å². The van der Waals surface area contributed by atoms with E-state index >= 15 is 0 Å². The van der Waals surface area contributed by atoms with Crippen molar-refractivity contribution >= 4 is 0 Å². The first-order valence-corrected chi connectivity index (χ1v) is 5.42. The van der Waals surface area contributed by atoms with E-state index in [2.05, 4.69) is 18.8 Å². The highest BCUT2D eigenvalue weighted by Crippen LogP contribution is 2.31. The van der Waals surface area contributed by atoms with Gasteiger partial charge < -0.3 is 10.8 Å². The van der Waals surface area contributed by atoms with E-state index in [1.807, 2.05) is 12.1 Å². The van der Waals surface area contributed by atoms with Crippen LogP contribution in [0.25, 0.3) is 0 Å². The minimum absolute atomic E-state index is 0.0621. The van der Waals surface area contributed by atoms with Crippen LogP contribution in [-0.2, 0) is 5.41 Å². The topological polar surface area (TPSA) is 59.1 Å². The van der Waals surface area contributed by atoms with Crippen molar-refractivity contribution in [1.29, 1.82) is 0 Å². The van der Waals surface area contributed by atoms with E-state index in [1.165, 1.54) is 0 Å². The summed E-state index contributed by atoms with van der Waals surface area (Å²) in [5.74, 6) is 0. The molecule has 0 spiro atoms. The summed E-state index contributed by atoms with van der Waals surface area (Å²) in [6.07, 6.45) is 5.13. The number of aromatic nitrogens is 1. The predicted octanol–water partition coefficient (Wildman–Crippen LogP) is 1.46. The van der Waals surface area contributed by atoms with Crippen LogP contribution >= 0.6 is 0 Å². The Labute approximate surface area is 91.3 Å². The second kappa shape index (κ2) is 5.24. The molecule has 15 heavy (non-hydrogen) atoms. The van der Waals surface area contributed by atoms with E-state index in [-0.39, 0.29) is 18.1 Å². The smallest absolute Gasteiger partial charge is 0.0440 e. The van der Waals surface area contributed by atoms with Crippen LogP contribution in [0.3, 0.4) is 0 Å². The van der Waals surface area contributed by atoms with Crippen molar-refractivity contribution in [2.75, 3.05) is 6.61 Å². The number of nitrogens with two attached hydrogens (primary N) is 1. The fourth-order valence-corrected chi connectivity index (χ4v) is 1.96. The molecule has 0 aromatic carbocycles. The maximum Gasteiger partial charge on any atom is 0.0440 e. The Morgan fingerprint density at radius 1 is 1.47 bits per heavy atom. The van der Waals surface area contributed by atoms with Crippen molar-refractivity contribution < 1.29 is 5.11 Å². The molecule has 2 atom stereocenters. The van der Waals surface area contributed by atoms with Crippen molar-refractivity contribution in [3.63, 3.8) is 0 Å². The van der Waals surface area contributed by atoms with Gasteiger partial charge in [-0.05, 0) is 30.5 Å². The van der Waals surface area contributed by atoms with Gasteiger partial charge in [0.05, 0.1) is 0 Å². The third kappa shape index (κ3) is 2.55. The first kappa shape index (κ1) is 12.1. The molecule has 0 saturated heterocycles.